The molecule has 3 rings (SSSR count). The van der Waals surface area contributed by atoms with Crippen LogP contribution in [0.2, 0.25) is 0 Å². The van der Waals surface area contributed by atoms with E-state index in [0.29, 0.717) is 12.3 Å². The van der Waals surface area contributed by atoms with Crippen molar-refractivity contribution in [3.63, 3.8) is 0 Å². The van der Waals surface area contributed by atoms with Crippen LogP contribution >= 0.6 is 15.9 Å². The minimum absolute atomic E-state index is 0.0258. The molecule has 2 aromatic carbocycles. The van der Waals surface area contributed by atoms with Crippen LogP contribution in [-0.2, 0) is 16.0 Å². The molecule has 1 aliphatic rings. The normalized spacial score (nSPS) is 18.9. The van der Waals surface area contributed by atoms with E-state index in [1.165, 1.54) is 5.56 Å². The maximum absolute atomic E-state index is 12.3. The van der Waals surface area contributed by atoms with Gasteiger partial charge in [0.1, 0.15) is 0 Å². The molecule has 2 N–H and O–H groups in total. The summed E-state index contributed by atoms with van der Waals surface area (Å²) in [5, 5.41) is 11.6. The summed E-state index contributed by atoms with van der Waals surface area (Å²) in [6.45, 7) is 0. The maximum Gasteiger partial charge on any atom is 0.303 e. The third-order valence-corrected chi connectivity index (χ3v) is 4.80. The monoisotopic (exact) mass is 387 g/mol. The minimum atomic E-state index is -0.805. The number of benzene rings is 2. The third kappa shape index (κ3) is 4.23. The summed E-state index contributed by atoms with van der Waals surface area (Å²) in [5.74, 6) is -0.438. The molecule has 2 unspecified atom stereocenters. The zero-order valence-electron chi connectivity index (χ0n) is 13.0. The summed E-state index contributed by atoms with van der Waals surface area (Å²) >= 11 is 3.42. The summed E-state index contributed by atoms with van der Waals surface area (Å²) in [5.41, 5.74) is 2.90. The van der Waals surface area contributed by atoms with Gasteiger partial charge in [0, 0.05) is 22.5 Å². The Hall–Kier alpha value is -2.14. The molecule has 24 heavy (non-hydrogen) atoms. The van der Waals surface area contributed by atoms with Crippen molar-refractivity contribution >= 4 is 33.5 Å². The Morgan fingerprint density at radius 1 is 1.08 bits per heavy atom. The second-order valence-electron chi connectivity index (χ2n) is 6.08. The number of hydrogen-bond donors (Lipinski definition) is 2. The molecule has 2 atom stereocenters. The Balaban J connectivity index is 1.54. The van der Waals surface area contributed by atoms with Crippen molar-refractivity contribution in [1.82, 2.24) is 0 Å². The fourth-order valence-electron chi connectivity index (χ4n) is 2.80. The maximum atomic E-state index is 12.3. The van der Waals surface area contributed by atoms with Gasteiger partial charge in [-0.05, 0) is 54.2 Å². The lowest BCUT2D eigenvalue weighted by Gasteiger charge is -2.06. The number of amides is 1. The molecule has 124 valence electrons. The van der Waals surface area contributed by atoms with Gasteiger partial charge in [0.15, 0.2) is 0 Å². The molecule has 0 bridgehead atoms. The van der Waals surface area contributed by atoms with Crippen molar-refractivity contribution < 1.29 is 14.7 Å². The van der Waals surface area contributed by atoms with Gasteiger partial charge in [-0.25, -0.2) is 0 Å². The van der Waals surface area contributed by atoms with E-state index in [1.54, 1.807) is 0 Å². The highest BCUT2D eigenvalue weighted by Crippen LogP contribution is 2.48. The largest absolute Gasteiger partial charge is 0.481 e. The van der Waals surface area contributed by atoms with Gasteiger partial charge in [-0.1, -0.05) is 40.2 Å². The van der Waals surface area contributed by atoms with Crippen LogP contribution in [0.3, 0.4) is 0 Å². The van der Waals surface area contributed by atoms with Gasteiger partial charge in [-0.3, -0.25) is 9.59 Å². The predicted octanol–water partition coefficient (Wildman–Crippen LogP) is 4.21. The number of nitrogens with one attached hydrogen (secondary N) is 1. The van der Waals surface area contributed by atoms with E-state index in [1.807, 2.05) is 36.4 Å². The lowest BCUT2D eigenvalue weighted by atomic mass is 10.1. The van der Waals surface area contributed by atoms with Crippen LogP contribution in [-0.4, -0.2) is 17.0 Å². The van der Waals surface area contributed by atoms with Crippen LogP contribution in [0.25, 0.3) is 0 Å². The molecular formula is C19H18BrNO3. The lowest BCUT2D eigenvalue weighted by Crippen LogP contribution is -2.14. The zero-order valence-corrected chi connectivity index (χ0v) is 14.6. The molecular weight excluding hydrogens is 370 g/mol. The first-order valence-corrected chi connectivity index (χ1v) is 8.69. The van der Waals surface area contributed by atoms with Crippen molar-refractivity contribution in [3.8, 4) is 0 Å². The number of aliphatic carboxylic acids is 1. The molecule has 0 aromatic heterocycles. The second kappa shape index (κ2) is 7.18. The summed E-state index contributed by atoms with van der Waals surface area (Å²) in [4.78, 5) is 22.9. The van der Waals surface area contributed by atoms with E-state index in [0.717, 1.165) is 22.1 Å². The predicted molar refractivity (Wildman–Crippen MR) is 96.0 cm³/mol. The highest BCUT2D eigenvalue weighted by molar-refractivity contribution is 9.10. The number of carbonyl (C=O) groups excluding carboxylic acids is 1. The first-order valence-electron chi connectivity index (χ1n) is 7.90. The molecule has 0 aliphatic heterocycles. The molecule has 4 nitrogen and oxygen atoms in total. The van der Waals surface area contributed by atoms with Crippen molar-refractivity contribution in [2.24, 2.45) is 5.92 Å². The Labute approximate surface area is 149 Å². The van der Waals surface area contributed by atoms with E-state index < -0.39 is 5.97 Å². The van der Waals surface area contributed by atoms with E-state index in [9.17, 15) is 9.59 Å². The second-order valence-corrected chi connectivity index (χ2v) is 7.00. The molecule has 5 heteroatoms. The van der Waals surface area contributed by atoms with Crippen molar-refractivity contribution in [3.05, 3.63) is 64.1 Å². The van der Waals surface area contributed by atoms with Crippen LogP contribution < -0.4 is 5.32 Å². The van der Waals surface area contributed by atoms with Gasteiger partial charge in [-0.2, -0.15) is 0 Å². The van der Waals surface area contributed by atoms with E-state index in [2.05, 4.69) is 33.4 Å². The van der Waals surface area contributed by atoms with E-state index in [-0.39, 0.29) is 18.2 Å². The van der Waals surface area contributed by atoms with Gasteiger partial charge in [-0.15, -0.1) is 0 Å². The summed E-state index contributed by atoms with van der Waals surface area (Å²) < 4.78 is 1.04. The Bertz CT molecular complexity index is 740. The van der Waals surface area contributed by atoms with Crippen LogP contribution in [0.4, 0.5) is 5.69 Å². The Kier molecular flexibility index (Phi) is 5.00. The average Bonchev–Trinajstić information content (AvgIpc) is 3.35. The summed E-state index contributed by atoms with van der Waals surface area (Å²) in [7, 11) is 0. The van der Waals surface area contributed by atoms with Crippen LogP contribution in [0.5, 0.6) is 0 Å². The Morgan fingerprint density at radius 3 is 2.38 bits per heavy atom. The fourth-order valence-corrected chi connectivity index (χ4v) is 3.07. The number of anilines is 1. The van der Waals surface area contributed by atoms with Crippen LogP contribution in [0.1, 0.15) is 29.9 Å². The number of hydrogen-bond acceptors (Lipinski definition) is 2. The number of carboxylic acids is 1. The zero-order chi connectivity index (χ0) is 17.1. The molecule has 2 aromatic rings. The highest BCUT2D eigenvalue weighted by Gasteiger charge is 2.43. The number of carbonyl (C=O) groups is 2. The third-order valence-electron chi connectivity index (χ3n) is 4.27. The first kappa shape index (κ1) is 16.7. The van der Waals surface area contributed by atoms with Gasteiger partial charge < -0.3 is 10.4 Å². The molecule has 0 saturated heterocycles. The quantitative estimate of drug-likeness (QED) is 0.779. The molecule has 0 heterocycles. The van der Waals surface area contributed by atoms with Gasteiger partial charge in [0.25, 0.3) is 0 Å². The molecule has 1 amide bonds. The first-order chi connectivity index (χ1) is 11.5. The number of halogens is 1. The molecule has 1 aliphatic carbocycles. The standard InChI is InChI=1S/C19H18BrNO3/c20-14-6-4-13(5-7-14)16-11-17(16)19(24)21-15-8-1-12(2-9-15)3-10-18(22)23/h1-2,4-9,16-17H,3,10-11H2,(H,21,24)(H,22,23). The van der Waals surface area contributed by atoms with Gasteiger partial charge in [0.05, 0.1) is 0 Å². The van der Waals surface area contributed by atoms with Crippen LogP contribution in [0.15, 0.2) is 53.0 Å². The Morgan fingerprint density at radius 2 is 1.75 bits per heavy atom. The number of aryl methyl sites for hydroxylation is 1. The molecule has 0 radical (unpaired) electrons. The van der Waals surface area contributed by atoms with E-state index >= 15 is 0 Å². The van der Waals surface area contributed by atoms with Crippen molar-refractivity contribution in [2.45, 2.75) is 25.2 Å². The average molecular weight is 388 g/mol. The minimum Gasteiger partial charge on any atom is -0.481 e. The van der Waals surface area contributed by atoms with Gasteiger partial charge in [0.2, 0.25) is 5.91 Å². The van der Waals surface area contributed by atoms with E-state index in [4.69, 9.17) is 5.11 Å². The van der Waals surface area contributed by atoms with Crippen molar-refractivity contribution in [1.29, 1.82) is 0 Å². The molecule has 0 spiro atoms. The number of carboxylic acid groups (broad SMARTS) is 1. The molecule has 1 fully saturated rings. The number of rotatable bonds is 6. The summed E-state index contributed by atoms with van der Waals surface area (Å²) in [6, 6.07) is 15.5. The topological polar surface area (TPSA) is 66.4 Å². The van der Waals surface area contributed by atoms with Crippen LogP contribution in [0, 0.1) is 5.92 Å². The van der Waals surface area contributed by atoms with Gasteiger partial charge >= 0.3 is 5.97 Å². The smallest absolute Gasteiger partial charge is 0.303 e. The SMILES string of the molecule is O=C(O)CCc1ccc(NC(=O)C2CC2c2ccc(Br)cc2)cc1. The highest BCUT2D eigenvalue weighted by atomic mass is 79.9. The van der Waals surface area contributed by atoms with Crippen molar-refractivity contribution in [2.75, 3.05) is 5.32 Å². The summed E-state index contributed by atoms with van der Waals surface area (Å²) in [6.07, 6.45) is 1.49. The lowest BCUT2D eigenvalue weighted by molar-refractivity contribution is -0.137. The fraction of sp³-hybridized carbons (Fsp3) is 0.263. The molecule has 1 saturated carbocycles.